The molecule has 4 heterocycles. The van der Waals surface area contributed by atoms with Gasteiger partial charge in [0.2, 0.25) is 0 Å². The molecule has 4 aromatic rings. The minimum atomic E-state index is -1.04. The van der Waals surface area contributed by atoms with Crippen molar-refractivity contribution in [1.82, 2.24) is 14.4 Å². The number of aromatic nitrogens is 3. The summed E-state index contributed by atoms with van der Waals surface area (Å²) in [6.07, 6.45) is 4.01. The van der Waals surface area contributed by atoms with Crippen molar-refractivity contribution in [3.63, 3.8) is 0 Å². The highest BCUT2D eigenvalue weighted by molar-refractivity contribution is 7.17. The van der Waals surface area contributed by atoms with E-state index in [2.05, 4.69) is 16.5 Å². The van der Waals surface area contributed by atoms with Gasteiger partial charge in [0.1, 0.15) is 28.6 Å². The van der Waals surface area contributed by atoms with Gasteiger partial charge in [-0.1, -0.05) is 49.1 Å². The number of carbonyl (C=O) groups excluding carboxylic acids is 3. The molecule has 0 bridgehead atoms. The molecule has 1 unspecified atom stereocenters. The molecule has 1 N–H and O–H groups in total. The third-order valence-corrected chi connectivity index (χ3v) is 7.69. The van der Waals surface area contributed by atoms with Crippen LogP contribution in [0.2, 0.25) is 0 Å². The van der Waals surface area contributed by atoms with Crippen LogP contribution in [0.4, 0.5) is 5.13 Å². The first-order valence-electron chi connectivity index (χ1n) is 13.0. The van der Waals surface area contributed by atoms with E-state index in [1.165, 1.54) is 11.0 Å². The Labute approximate surface area is 240 Å². The Bertz CT molecular complexity index is 1700. The van der Waals surface area contributed by atoms with E-state index in [9.17, 15) is 19.5 Å². The fourth-order valence-electron chi connectivity index (χ4n) is 4.71. The van der Waals surface area contributed by atoms with Crippen molar-refractivity contribution in [2.24, 2.45) is 0 Å². The number of hydrogen-bond acceptors (Lipinski definition) is 9. The van der Waals surface area contributed by atoms with Crippen molar-refractivity contribution < 1.29 is 29.0 Å². The molecule has 10 nitrogen and oxygen atoms in total. The summed E-state index contributed by atoms with van der Waals surface area (Å²) in [6, 6.07) is 11.3. The highest BCUT2D eigenvalue weighted by atomic mass is 32.1. The molecule has 1 saturated heterocycles. The number of esters is 1. The van der Waals surface area contributed by atoms with Crippen LogP contribution in [0.25, 0.3) is 11.4 Å². The van der Waals surface area contributed by atoms with E-state index < -0.39 is 23.7 Å². The Hall–Kier alpha value is -4.77. The van der Waals surface area contributed by atoms with E-state index in [0.717, 1.165) is 17.8 Å². The van der Waals surface area contributed by atoms with Crippen molar-refractivity contribution in [3.8, 4) is 5.75 Å². The summed E-state index contributed by atoms with van der Waals surface area (Å²) in [5, 5.41) is 11.8. The Morgan fingerprint density at radius 2 is 1.88 bits per heavy atom. The van der Waals surface area contributed by atoms with Gasteiger partial charge in [-0.2, -0.15) is 0 Å². The lowest BCUT2D eigenvalue weighted by Crippen LogP contribution is -2.29. The van der Waals surface area contributed by atoms with Gasteiger partial charge in [0.05, 0.1) is 29.6 Å². The first kappa shape index (κ1) is 27.8. The molecule has 0 aliphatic carbocycles. The van der Waals surface area contributed by atoms with Gasteiger partial charge in [-0.15, -0.1) is 0 Å². The number of nitrogens with zero attached hydrogens (tertiary/aromatic N) is 4. The molecule has 1 atom stereocenters. The number of anilines is 1. The number of pyridine rings is 1. The molecule has 0 radical (unpaired) electrons. The van der Waals surface area contributed by atoms with Gasteiger partial charge < -0.3 is 14.6 Å². The van der Waals surface area contributed by atoms with Crippen molar-refractivity contribution >= 4 is 45.5 Å². The summed E-state index contributed by atoms with van der Waals surface area (Å²) in [5.41, 5.74) is 2.14. The average Bonchev–Trinajstić information content (AvgIpc) is 3.60. The average molecular weight is 573 g/mol. The number of benzene rings is 1. The normalized spacial score (nSPS) is 16.4. The number of aryl methyl sites for hydroxylation is 2. The molecule has 5 rings (SSSR count). The number of rotatable bonds is 9. The molecule has 1 aromatic carbocycles. The Kier molecular flexibility index (Phi) is 7.71. The maximum atomic E-state index is 13.6. The first-order valence-corrected chi connectivity index (χ1v) is 13.8. The van der Waals surface area contributed by atoms with Crippen molar-refractivity contribution in [2.75, 3.05) is 18.1 Å². The van der Waals surface area contributed by atoms with Crippen LogP contribution in [-0.4, -0.2) is 50.3 Å². The largest absolute Gasteiger partial charge is 0.505 e. The smallest absolute Gasteiger partial charge is 0.350 e. The van der Waals surface area contributed by atoms with Crippen LogP contribution in [0.1, 0.15) is 51.7 Å². The number of aliphatic hydroxyl groups is 1. The quantitative estimate of drug-likeness (QED) is 0.0959. The monoisotopic (exact) mass is 572 g/mol. The van der Waals surface area contributed by atoms with Gasteiger partial charge in [0.25, 0.3) is 5.78 Å². The molecule has 0 spiro atoms. The number of ether oxygens (including phenoxy) is 2. The van der Waals surface area contributed by atoms with Crippen LogP contribution >= 0.6 is 11.3 Å². The van der Waals surface area contributed by atoms with Crippen LogP contribution < -0.4 is 9.64 Å². The third kappa shape index (κ3) is 5.00. The second kappa shape index (κ2) is 11.4. The van der Waals surface area contributed by atoms with Crippen molar-refractivity contribution in [1.29, 1.82) is 0 Å². The number of amides is 1. The van der Waals surface area contributed by atoms with E-state index in [-0.39, 0.29) is 27.9 Å². The minimum Gasteiger partial charge on any atom is -0.505 e. The molecule has 0 saturated carbocycles. The Morgan fingerprint density at radius 3 is 2.59 bits per heavy atom. The van der Waals surface area contributed by atoms with Crippen LogP contribution in [-0.2, 0) is 14.3 Å². The maximum Gasteiger partial charge on any atom is 0.350 e. The SMILES string of the molecule is C=CCOC(=O)c1sc(N2C(=O)C(=O)/C(=C(/O)c3c(C)nc4ccccn34)C2c2ccc(OCCC)cc2)nc1C. The second-order valence-corrected chi connectivity index (χ2v) is 10.3. The summed E-state index contributed by atoms with van der Waals surface area (Å²) in [7, 11) is 0. The summed E-state index contributed by atoms with van der Waals surface area (Å²) < 4.78 is 12.5. The van der Waals surface area contributed by atoms with Gasteiger partial charge >= 0.3 is 11.9 Å². The molecule has 41 heavy (non-hydrogen) atoms. The summed E-state index contributed by atoms with van der Waals surface area (Å²) in [5.74, 6) is -2.11. The number of ketones is 1. The molecule has 1 aliphatic rings. The van der Waals surface area contributed by atoms with Crippen LogP contribution in [0.15, 0.2) is 66.9 Å². The lowest BCUT2D eigenvalue weighted by atomic mass is 9.96. The standard InChI is InChI=1S/C30H28N4O6S/c1-5-15-39-20-12-10-19(11-13-20)24-22(25(35)23-17(3)31-21-9-7-8-14-33(21)23)26(36)28(37)34(24)30-32-18(4)27(41-30)29(38)40-16-6-2/h6-14,24,35H,2,5,15-16H2,1,3-4H3/b25-22+. The van der Waals surface area contributed by atoms with E-state index in [0.29, 0.717) is 40.6 Å². The van der Waals surface area contributed by atoms with Gasteiger partial charge in [0, 0.05) is 6.20 Å². The molecular weight excluding hydrogens is 544 g/mol. The zero-order chi connectivity index (χ0) is 29.3. The van der Waals surface area contributed by atoms with Gasteiger partial charge in [-0.3, -0.25) is 18.9 Å². The van der Waals surface area contributed by atoms with E-state index >= 15 is 0 Å². The molecule has 3 aromatic heterocycles. The van der Waals surface area contributed by atoms with E-state index in [1.807, 2.05) is 13.0 Å². The molecule has 1 fully saturated rings. The number of imidazole rings is 1. The van der Waals surface area contributed by atoms with Gasteiger partial charge in [0.15, 0.2) is 10.9 Å². The predicted molar refractivity (Wildman–Crippen MR) is 154 cm³/mol. The van der Waals surface area contributed by atoms with Crippen LogP contribution in [0.3, 0.4) is 0 Å². The minimum absolute atomic E-state index is 0.0150. The molecule has 210 valence electrons. The zero-order valence-electron chi connectivity index (χ0n) is 22.8. The zero-order valence-corrected chi connectivity index (χ0v) is 23.6. The topological polar surface area (TPSA) is 123 Å². The summed E-state index contributed by atoms with van der Waals surface area (Å²) in [6.45, 7) is 9.44. The fraction of sp³-hybridized carbons (Fsp3) is 0.233. The first-order chi connectivity index (χ1) is 19.8. The lowest BCUT2D eigenvalue weighted by Gasteiger charge is -2.23. The maximum absolute atomic E-state index is 13.6. The van der Waals surface area contributed by atoms with Crippen molar-refractivity contribution in [2.45, 2.75) is 33.2 Å². The van der Waals surface area contributed by atoms with Gasteiger partial charge in [-0.25, -0.2) is 14.8 Å². The Balaban J connectivity index is 1.68. The molecular formula is C30H28N4O6S. The molecule has 1 aliphatic heterocycles. The second-order valence-electron chi connectivity index (χ2n) is 9.36. The predicted octanol–water partition coefficient (Wildman–Crippen LogP) is 5.17. The molecule has 11 heteroatoms. The van der Waals surface area contributed by atoms with E-state index in [1.54, 1.807) is 60.8 Å². The number of hydrogen-bond donors (Lipinski definition) is 1. The van der Waals surface area contributed by atoms with Crippen LogP contribution in [0.5, 0.6) is 5.75 Å². The number of carbonyl (C=O) groups is 3. The third-order valence-electron chi connectivity index (χ3n) is 6.55. The number of aliphatic hydroxyl groups excluding tert-OH is 1. The van der Waals surface area contributed by atoms with Crippen molar-refractivity contribution in [3.05, 3.63) is 94.4 Å². The summed E-state index contributed by atoms with van der Waals surface area (Å²) in [4.78, 5) is 50.3. The molecule has 1 amide bonds. The Morgan fingerprint density at radius 1 is 1.12 bits per heavy atom. The number of fused-ring (bicyclic) bond motifs is 1. The van der Waals surface area contributed by atoms with E-state index in [4.69, 9.17) is 9.47 Å². The number of Topliss-reactive ketones (excluding diaryl/α,β-unsaturated/α-hetero) is 1. The van der Waals surface area contributed by atoms with Crippen LogP contribution in [0, 0.1) is 13.8 Å². The summed E-state index contributed by atoms with van der Waals surface area (Å²) >= 11 is 0.937. The highest BCUT2D eigenvalue weighted by Crippen LogP contribution is 2.44. The van der Waals surface area contributed by atoms with Gasteiger partial charge in [-0.05, 0) is 50.1 Å². The lowest BCUT2D eigenvalue weighted by molar-refractivity contribution is -0.132. The highest BCUT2D eigenvalue weighted by Gasteiger charge is 2.49. The fourth-order valence-corrected chi connectivity index (χ4v) is 5.70. The number of thiazole rings is 1.